The number of nitrogens with zero attached hydrogens (tertiary/aromatic N) is 2. The van der Waals surface area contributed by atoms with E-state index in [0.29, 0.717) is 5.56 Å². The maximum absolute atomic E-state index is 13.1. The predicted molar refractivity (Wildman–Crippen MR) is 99.5 cm³/mol. The Balaban J connectivity index is 1.74. The quantitative estimate of drug-likeness (QED) is 0.889. The fourth-order valence-corrected chi connectivity index (χ4v) is 4.24. The second kappa shape index (κ2) is 8.08. The lowest BCUT2D eigenvalue weighted by Gasteiger charge is -2.40. The van der Waals surface area contributed by atoms with Gasteiger partial charge in [-0.3, -0.25) is 9.69 Å². The van der Waals surface area contributed by atoms with Gasteiger partial charge in [-0.05, 0) is 49.7 Å². The summed E-state index contributed by atoms with van der Waals surface area (Å²) in [5.74, 6) is -0.498. The third kappa shape index (κ3) is 4.45. The molecule has 1 aliphatic heterocycles. The van der Waals surface area contributed by atoms with Crippen molar-refractivity contribution in [2.45, 2.75) is 19.0 Å². The second-order valence-electron chi connectivity index (χ2n) is 6.57. The van der Waals surface area contributed by atoms with E-state index in [9.17, 15) is 9.18 Å². The third-order valence-electron chi connectivity index (χ3n) is 4.70. The molecule has 1 fully saturated rings. The van der Waals surface area contributed by atoms with Gasteiger partial charge in [0.15, 0.2) is 0 Å². The molecule has 134 valence electrons. The van der Waals surface area contributed by atoms with Crippen LogP contribution in [0, 0.1) is 5.82 Å². The van der Waals surface area contributed by atoms with E-state index in [1.807, 2.05) is 6.92 Å². The maximum Gasteiger partial charge on any atom is 0.251 e. The summed E-state index contributed by atoms with van der Waals surface area (Å²) in [7, 11) is 2.14. The highest BCUT2D eigenvalue weighted by Crippen LogP contribution is 2.29. The van der Waals surface area contributed by atoms with Crippen LogP contribution >= 0.6 is 11.3 Å². The first-order chi connectivity index (χ1) is 12.0. The predicted octanol–water partition coefficient (Wildman–Crippen LogP) is 2.99. The van der Waals surface area contributed by atoms with E-state index >= 15 is 0 Å². The number of benzene rings is 1. The van der Waals surface area contributed by atoms with Gasteiger partial charge in [0.2, 0.25) is 0 Å². The molecule has 0 bridgehead atoms. The summed E-state index contributed by atoms with van der Waals surface area (Å²) in [4.78, 5) is 18.5. The van der Waals surface area contributed by atoms with Crippen molar-refractivity contribution < 1.29 is 9.18 Å². The van der Waals surface area contributed by atoms with Crippen molar-refractivity contribution in [1.82, 2.24) is 15.1 Å². The van der Waals surface area contributed by atoms with Gasteiger partial charge in [-0.2, -0.15) is 0 Å². The minimum atomic E-state index is -0.335. The van der Waals surface area contributed by atoms with Gasteiger partial charge < -0.3 is 10.2 Å². The summed E-state index contributed by atoms with van der Waals surface area (Å²) in [6.45, 7) is 6.07. The number of hydrogen-bond donors (Lipinski definition) is 1. The van der Waals surface area contributed by atoms with Crippen molar-refractivity contribution in [2.24, 2.45) is 0 Å². The molecule has 0 saturated carbocycles. The molecule has 1 amide bonds. The SMILES string of the molecule is C[C@H](NC(=O)c1ccc(F)cc1)[C@H](c1cccs1)N1CCN(C)CC1. The molecule has 1 saturated heterocycles. The van der Waals surface area contributed by atoms with Crippen molar-refractivity contribution in [3.05, 3.63) is 58.0 Å². The van der Waals surface area contributed by atoms with Crippen LogP contribution in [0.15, 0.2) is 41.8 Å². The fraction of sp³-hybridized carbons (Fsp3) is 0.421. The summed E-state index contributed by atoms with van der Waals surface area (Å²) in [6, 6.07) is 9.97. The van der Waals surface area contributed by atoms with Crippen LogP contribution < -0.4 is 5.32 Å². The summed E-state index contributed by atoms with van der Waals surface area (Å²) in [5.41, 5.74) is 0.483. The van der Waals surface area contributed by atoms with Gasteiger partial charge in [-0.1, -0.05) is 6.07 Å². The summed E-state index contributed by atoms with van der Waals surface area (Å²) in [5, 5.41) is 5.18. The van der Waals surface area contributed by atoms with E-state index in [1.54, 1.807) is 11.3 Å². The minimum Gasteiger partial charge on any atom is -0.348 e. The number of carbonyl (C=O) groups is 1. The van der Waals surface area contributed by atoms with E-state index < -0.39 is 0 Å². The minimum absolute atomic E-state index is 0.0420. The molecular weight excluding hydrogens is 337 g/mol. The normalized spacial score (nSPS) is 18.7. The highest BCUT2D eigenvalue weighted by Gasteiger charge is 2.30. The second-order valence-corrected chi connectivity index (χ2v) is 7.55. The smallest absolute Gasteiger partial charge is 0.251 e. The first kappa shape index (κ1) is 18.0. The Bertz CT molecular complexity index is 681. The van der Waals surface area contributed by atoms with Crippen LogP contribution in [0.4, 0.5) is 4.39 Å². The van der Waals surface area contributed by atoms with E-state index in [-0.39, 0.29) is 23.8 Å². The number of halogens is 1. The molecule has 1 N–H and O–H groups in total. The molecule has 2 atom stereocenters. The Labute approximate surface area is 152 Å². The molecular formula is C19H24FN3OS. The Hall–Kier alpha value is -1.76. The zero-order valence-corrected chi connectivity index (χ0v) is 15.4. The molecule has 2 heterocycles. The van der Waals surface area contributed by atoms with Crippen LogP contribution in [0.1, 0.15) is 28.2 Å². The molecule has 1 aromatic carbocycles. The van der Waals surface area contributed by atoms with Gasteiger partial charge in [0.1, 0.15) is 5.82 Å². The third-order valence-corrected chi connectivity index (χ3v) is 5.65. The number of carbonyl (C=O) groups excluding carboxylic acids is 1. The lowest BCUT2D eigenvalue weighted by molar-refractivity contribution is 0.0799. The van der Waals surface area contributed by atoms with Crippen molar-refractivity contribution in [2.75, 3.05) is 33.2 Å². The molecule has 6 heteroatoms. The van der Waals surface area contributed by atoms with Crippen LogP contribution in [0.5, 0.6) is 0 Å². The number of rotatable bonds is 5. The Kier molecular flexibility index (Phi) is 5.83. The maximum atomic E-state index is 13.1. The van der Waals surface area contributed by atoms with Gasteiger partial charge >= 0.3 is 0 Å². The highest BCUT2D eigenvalue weighted by molar-refractivity contribution is 7.10. The Morgan fingerprint density at radius 2 is 1.84 bits per heavy atom. The number of amides is 1. The molecule has 0 aliphatic carbocycles. The topological polar surface area (TPSA) is 35.6 Å². The van der Waals surface area contributed by atoms with Gasteiger partial charge in [0.05, 0.1) is 6.04 Å². The highest BCUT2D eigenvalue weighted by atomic mass is 32.1. The monoisotopic (exact) mass is 361 g/mol. The molecule has 25 heavy (non-hydrogen) atoms. The molecule has 2 aromatic rings. The van der Waals surface area contributed by atoms with Crippen LogP contribution in [0.25, 0.3) is 0 Å². The van der Waals surface area contributed by atoms with Crippen LogP contribution in [-0.2, 0) is 0 Å². The van der Waals surface area contributed by atoms with Gasteiger partial charge in [0.25, 0.3) is 5.91 Å². The number of thiophene rings is 1. The Morgan fingerprint density at radius 3 is 2.44 bits per heavy atom. The van der Waals surface area contributed by atoms with E-state index in [4.69, 9.17) is 0 Å². The average molecular weight is 361 g/mol. The van der Waals surface area contributed by atoms with Crippen LogP contribution in [0.2, 0.25) is 0 Å². The van der Waals surface area contributed by atoms with Gasteiger partial charge in [-0.15, -0.1) is 11.3 Å². The summed E-state index contributed by atoms with van der Waals surface area (Å²) in [6.07, 6.45) is 0. The fourth-order valence-electron chi connectivity index (χ4n) is 3.27. The molecule has 0 unspecified atom stereocenters. The summed E-state index contributed by atoms with van der Waals surface area (Å²) < 4.78 is 13.1. The van der Waals surface area contributed by atoms with Crippen molar-refractivity contribution in [3.63, 3.8) is 0 Å². The van der Waals surface area contributed by atoms with Crippen molar-refractivity contribution >= 4 is 17.2 Å². The van der Waals surface area contributed by atoms with Crippen LogP contribution in [-0.4, -0.2) is 55.0 Å². The number of hydrogen-bond acceptors (Lipinski definition) is 4. The largest absolute Gasteiger partial charge is 0.348 e. The number of likely N-dealkylation sites (N-methyl/N-ethyl adjacent to an activating group) is 1. The molecule has 3 rings (SSSR count). The number of nitrogens with one attached hydrogen (secondary N) is 1. The zero-order chi connectivity index (χ0) is 17.8. The molecule has 0 radical (unpaired) electrons. The van der Waals surface area contributed by atoms with E-state index in [0.717, 1.165) is 26.2 Å². The first-order valence-electron chi connectivity index (χ1n) is 8.57. The van der Waals surface area contributed by atoms with E-state index in [2.05, 4.69) is 39.7 Å². The van der Waals surface area contributed by atoms with Crippen LogP contribution in [0.3, 0.4) is 0 Å². The standard InChI is InChI=1S/C19H24FN3OS/c1-14(21-19(24)15-5-7-16(20)8-6-15)18(17-4-3-13-25-17)23-11-9-22(2)10-12-23/h3-8,13-14,18H,9-12H2,1-2H3,(H,21,24)/t14-,18+/m0/s1. The lowest BCUT2D eigenvalue weighted by atomic mass is 10.0. The number of piperazine rings is 1. The Morgan fingerprint density at radius 1 is 1.16 bits per heavy atom. The molecule has 4 nitrogen and oxygen atoms in total. The summed E-state index contributed by atoms with van der Waals surface area (Å²) >= 11 is 1.72. The van der Waals surface area contributed by atoms with E-state index in [1.165, 1.54) is 29.1 Å². The average Bonchev–Trinajstić information content (AvgIpc) is 3.11. The zero-order valence-electron chi connectivity index (χ0n) is 14.6. The molecule has 0 spiro atoms. The lowest BCUT2D eigenvalue weighted by Crippen LogP contribution is -2.51. The van der Waals surface area contributed by atoms with Crippen molar-refractivity contribution in [1.29, 1.82) is 0 Å². The molecule has 1 aromatic heterocycles. The van der Waals surface area contributed by atoms with Crippen molar-refractivity contribution in [3.8, 4) is 0 Å². The molecule has 1 aliphatic rings. The van der Waals surface area contributed by atoms with Gasteiger partial charge in [-0.25, -0.2) is 4.39 Å². The first-order valence-corrected chi connectivity index (χ1v) is 9.45. The van der Waals surface area contributed by atoms with Gasteiger partial charge in [0, 0.05) is 42.7 Å².